The molecule has 0 unspecified atom stereocenters. The van der Waals surface area contributed by atoms with Crippen molar-refractivity contribution < 1.29 is 4.42 Å². The number of thiophene rings is 1. The first-order valence-corrected chi connectivity index (χ1v) is 18.6. The Morgan fingerprint density at radius 2 is 1.23 bits per heavy atom. The van der Waals surface area contributed by atoms with Gasteiger partial charge in [-0.2, -0.15) is 0 Å². The van der Waals surface area contributed by atoms with Gasteiger partial charge in [0.1, 0.15) is 16.8 Å². The Balaban J connectivity index is 1.11. The lowest BCUT2D eigenvalue weighted by atomic mass is 9.89. The molecule has 0 saturated heterocycles. The summed E-state index contributed by atoms with van der Waals surface area (Å²) in [5, 5.41) is 8.37. The number of hydrogen-bond donors (Lipinski definition) is 0. The predicted octanol–water partition coefficient (Wildman–Crippen LogP) is 13.8. The molecular weight excluding hydrogens is 667 g/mol. The van der Waals surface area contributed by atoms with Crippen LogP contribution in [0.25, 0.3) is 97.6 Å². The van der Waals surface area contributed by atoms with Crippen LogP contribution in [0.1, 0.15) is 0 Å². The van der Waals surface area contributed by atoms with Crippen LogP contribution in [0.5, 0.6) is 0 Å². The number of aromatic nitrogens is 2. The molecule has 53 heavy (non-hydrogen) atoms. The summed E-state index contributed by atoms with van der Waals surface area (Å²) in [5.74, 6) is 0.661. The summed E-state index contributed by atoms with van der Waals surface area (Å²) in [7, 11) is 0. The topological polar surface area (TPSA) is 42.2 Å². The van der Waals surface area contributed by atoms with Gasteiger partial charge in [-0.05, 0) is 70.3 Å². The number of benzene rings is 8. The average Bonchev–Trinajstić information content (AvgIpc) is 3.79. The van der Waals surface area contributed by atoms with Gasteiger partial charge in [0.15, 0.2) is 11.4 Å². The van der Waals surface area contributed by atoms with Gasteiger partial charge in [-0.25, -0.2) is 9.97 Å². The Morgan fingerprint density at radius 1 is 0.509 bits per heavy atom. The van der Waals surface area contributed by atoms with Crippen LogP contribution in [0.2, 0.25) is 0 Å². The lowest BCUT2D eigenvalue weighted by Crippen LogP contribution is -2.15. The number of furan rings is 1. The molecule has 12 rings (SSSR count). The van der Waals surface area contributed by atoms with Crippen LogP contribution in [-0.2, 0) is 0 Å². The zero-order valence-corrected chi connectivity index (χ0v) is 29.1. The second-order valence-electron chi connectivity index (χ2n) is 13.7. The van der Waals surface area contributed by atoms with Gasteiger partial charge in [0.25, 0.3) is 0 Å². The molecule has 246 valence electrons. The quantitative estimate of drug-likeness (QED) is 0.185. The highest BCUT2D eigenvalue weighted by molar-refractivity contribution is 7.26. The maximum absolute atomic E-state index is 6.58. The van der Waals surface area contributed by atoms with Gasteiger partial charge in [-0.15, -0.1) is 11.3 Å². The standard InChI is InChI=1S/C48H27N3OS/c1-2-12-30-27-40-38(26-29(30)11-1)34-19-8-13-28-14-9-22-39(43(28)34)51(40)32-16-7-15-31(25-32)48-49-44-36-18-3-5-23-41(36)52-46(44)45(50-48)37-21-10-20-35-33-17-4-6-24-42(33)53-47(35)37/h1-27H. The van der Waals surface area contributed by atoms with Crippen molar-refractivity contribution in [3.8, 4) is 33.8 Å². The van der Waals surface area contributed by atoms with E-state index in [0.717, 1.165) is 50.4 Å². The van der Waals surface area contributed by atoms with Crippen LogP contribution in [0.4, 0.5) is 17.1 Å². The van der Waals surface area contributed by atoms with Gasteiger partial charge in [-0.1, -0.05) is 115 Å². The monoisotopic (exact) mass is 693 g/mol. The van der Waals surface area contributed by atoms with E-state index < -0.39 is 0 Å². The van der Waals surface area contributed by atoms with Gasteiger partial charge < -0.3 is 9.32 Å². The lowest BCUT2D eigenvalue weighted by molar-refractivity contribution is 0.667. The second-order valence-corrected chi connectivity index (χ2v) is 14.8. The Morgan fingerprint density at radius 3 is 2.15 bits per heavy atom. The van der Waals surface area contributed by atoms with Gasteiger partial charge in [0.05, 0.1) is 11.4 Å². The average molecular weight is 694 g/mol. The van der Waals surface area contributed by atoms with Crippen molar-refractivity contribution in [1.82, 2.24) is 9.97 Å². The van der Waals surface area contributed by atoms with Gasteiger partial charge >= 0.3 is 0 Å². The highest BCUT2D eigenvalue weighted by Gasteiger charge is 2.27. The first kappa shape index (κ1) is 28.8. The van der Waals surface area contributed by atoms with Crippen molar-refractivity contribution >= 4 is 92.2 Å². The van der Waals surface area contributed by atoms with Crippen LogP contribution in [-0.4, -0.2) is 9.97 Å². The number of fused-ring (bicyclic) bond motifs is 9. The molecule has 4 nitrogen and oxygen atoms in total. The highest BCUT2D eigenvalue weighted by Crippen LogP contribution is 2.52. The molecule has 5 heteroatoms. The Labute approximate surface area is 307 Å². The molecule has 0 saturated carbocycles. The summed E-state index contributed by atoms with van der Waals surface area (Å²) in [6, 6.07) is 58.5. The Kier molecular flexibility index (Phi) is 5.90. The predicted molar refractivity (Wildman–Crippen MR) is 222 cm³/mol. The number of anilines is 3. The fourth-order valence-corrected chi connectivity index (χ4v) is 9.61. The molecule has 4 heterocycles. The zero-order valence-electron chi connectivity index (χ0n) is 28.2. The Hall–Kier alpha value is -6.82. The molecule has 0 N–H and O–H groups in total. The van der Waals surface area contributed by atoms with Crippen LogP contribution < -0.4 is 4.90 Å². The fourth-order valence-electron chi connectivity index (χ4n) is 8.39. The maximum Gasteiger partial charge on any atom is 0.180 e. The summed E-state index contributed by atoms with van der Waals surface area (Å²) in [4.78, 5) is 13.1. The molecule has 8 aromatic carbocycles. The maximum atomic E-state index is 6.58. The van der Waals surface area contributed by atoms with E-state index >= 15 is 0 Å². The third-order valence-corrected chi connectivity index (χ3v) is 12.0. The largest absolute Gasteiger partial charge is 0.452 e. The third-order valence-electron chi connectivity index (χ3n) is 10.8. The number of rotatable bonds is 3. The van der Waals surface area contributed by atoms with E-state index in [1.54, 1.807) is 11.3 Å². The van der Waals surface area contributed by atoms with E-state index in [4.69, 9.17) is 14.4 Å². The van der Waals surface area contributed by atoms with Crippen LogP contribution in [0.15, 0.2) is 168 Å². The van der Waals surface area contributed by atoms with Crippen molar-refractivity contribution in [1.29, 1.82) is 0 Å². The van der Waals surface area contributed by atoms with Crippen molar-refractivity contribution in [3.63, 3.8) is 0 Å². The SMILES string of the molecule is c1cc(-c2nc(-c3cccc4c3sc3ccccc34)c3oc4ccccc4c3n2)cc(N2c3cc4ccccc4cc3-c3cccc4cccc2c34)c1. The van der Waals surface area contributed by atoms with E-state index in [2.05, 4.69) is 150 Å². The molecule has 0 bridgehead atoms. The lowest BCUT2D eigenvalue weighted by Gasteiger charge is -2.34. The fraction of sp³-hybridized carbons (Fsp3) is 0. The summed E-state index contributed by atoms with van der Waals surface area (Å²) >= 11 is 1.80. The van der Waals surface area contributed by atoms with Crippen molar-refractivity contribution in [2.75, 3.05) is 4.90 Å². The van der Waals surface area contributed by atoms with Crippen LogP contribution >= 0.6 is 11.3 Å². The van der Waals surface area contributed by atoms with Gasteiger partial charge in [0, 0.05) is 53.3 Å². The van der Waals surface area contributed by atoms with Gasteiger partial charge in [-0.3, -0.25) is 0 Å². The molecule has 11 aromatic rings. The number of hydrogen-bond acceptors (Lipinski definition) is 5. The molecule has 0 atom stereocenters. The smallest absolute Gasteiger partial charge is 0.180 e. The molecule has 0 fully saturated rings. The highest BCUT2D eigenvalue weighted by atomic mass is 32.1. The molecule has 1 aliphatic heterocycles. The summed E-state index contributed by atoms with van der Waals surface area (Å²) in [6.07, 6.45) is 0. The molecule has 0 radical (unpaired) electrons. The van der Waals surface area contributed by atoms with Crippen LogP contribution in [0, 0.1) is 0 Å². The molecule has 0 amide bonds. The first-order valence-electron chi connectivity index (χ1n) is 17.8. The van der Waals surface area contributed by atoms with E-state index in [1.807, 2.05) is 18.2 Å². The van der Waals surface area contributed by atoms with E-state index in [0.29, 0.717) is 11.4 Å². The normalized spacial score (nSPS) is 12.5. The molecule has 0 aliphatic carbocycles. The minimum Gasteiger partial charge on any atom is -0.452 e. The minimum atomic E-state index is 0.661. The third kappa shape index (κ3) is 4.17. The van der Waals surface area contributed by atoms with Crippen molar-refractivity contribution in [2.24, 2.45) is 0 Å². The van der Waals surface area contributed by atoms with Crippen molar-refractivity contribution in [2.45, 2.75) is 0 Å². The summed E-state index contributed by atoms with van der Waals surface area (Å²) in [6.45, 7) is 0. The zero-order chi connectivity index (χ0) is 34.6. The van der Waals surface area contributed by atoms with E-state index in [1.165, 1.54) is 52.8 Å². The Bertz CT molecular complexity index is 3320. The number of para-hydroxylation sites is 1. The van der Waals surface area contributed by atoms with E-state index in [9.17, 15) is 0 Å². The summed E-state index contributed by atoms with van der Waals surface area (Å²) in [5.41, 5.74) is 11.0. The van der Waals surface area contributed by atoms with Crippen LogP contribution in [0.3, 0.4) is 0 Å². The van der Waals surface area contributed by atoms with E-state index in [-0.39, 0.29) is 0 Å². The van der Waals surface area contributed by atoms with Gasteiger partial charge in [0.2, 0.25) is 0 Å². The molecule has 1 aliphatic rings. The molecular formula is C48H27N3OS. The molecule has 3 aromatic heterocycles. The minimum absolute atomic E-state index is 0.661. The second kappa shape index (κ2) is 10.8. The van der Waals surface area contributed by atoms with Crippen molar-refractivity contribution in [3.05, 3.63) is 164 Å². The molecule has 0 spiro atoms. The first-order chi connectivity index (χ1) is 26.3. The summed E-state index contributed by atoms with van der Waals surface area (Å²) < 4.78 is 9.03. The number of nitrogens with zero attached hydrogens (tertiary/aromatic N) is 3.